The van der Waals surface area contributed by atoms with E-state index in [-0.39, 0.29) is 5.41 Å². The topological polar surface area (TPSA) is 50.4 Å². The SMILES string of the molecule is Cc1cccc(NC(N)=NCC2(c3ccccc3C)CC2)c1. The summed E-state index contributed by atoms with van der Waals surface area (Å²) in [5, 5.41) is 3.18. The fraction of sp³-hybridized carbons (Fsp3) is 0.316. The standard InChI is InChI=1S/C19H23N3/c1-14-6-5-8-16(12-14)22-18(20)21-13-19(10-11-19)17-9-4-3-7-15(17)2/h3-9,12H,10-11,13H2,1-2H3,(H3,20,21,22). The average Bonchev–Trinajstić information content (AvgIpc) is 3.27. The van der Waals surface area contributed by atoms with Gasteiger partial charge < -0.3 is 11.1 Å². The zero-order chi connectivity index (χ0) is 15.6. The van der Waals surface area contributed by atoms with Crippen LogP contribution in [-0.2, 0) is 5.41 Å². The van der Waals surface area contributed by atoms with E-state index < -0.39 is 0 Å². The number of nitrogens with two attached hydrogens (primary N) is 1. The molecular weight excluding hydrogens is 270 g/mol. The number of guanidine groups is 1. The molecule has 0 amide bonds. The number of anilines is 1. The number of hydrogen-bond acceptors (Lipinski definition) is 1. The van der Waals surface area contributed by atoms with Gasteiger partial charge in [-0.25, -0.2) is 0 Å². The molecule has 3 rings (SSSR count). The lowest BCUT2D eigenvalue weighted by atomic mass is 9.92. The lowest BCUT2D eigenvalue weighted by Crippen LogP contribution is -2.25. The van der Waals surface area contributed by atoms with Crippen molar-refractivity contribution in [2.45, 2.75) is 32.1 Å². The molecule has 1 aliphatic carbocycles. The first kappa shape index (κ1) is 14.6. The molecule has 0 atom stereocenters. The van der Waals surface area contributed by atoms with Crippen LogP contribution in [0.3, 0.4) is 0 Å². The van der Waals surface area contributed by atoms with E-state index in [4.69, 9.17) is 5.73 Å². The Morgan fingerprint density at radius 2 is 1.91 bits per heavy atom. The van der Waals surface area contributed by atoms with Crippen LogP contribution >= 0.6 is 0 Å². The highest BCUT2D eigenvalue weighted by atomic mass is 15.1. The van der Waals surface area contributed by atoms with E-state index in [0.717, 1.165) is 12.2 Å². The summed E-state index contributed by atoms with van der Waals surface area (Å²) in [6, 6.07) is 16.7. The molecule has 0 aromatic heterocycles. The third-order valence-electron chi connectivity index (χ3n) is 4.41. The second-order valence-electron chi connectivity index (χ2n) is 6.29. The van der Waals surface area contributed by atoms with Crippen LogP contribution in [0.2, 0.25) is 0 Å². The van der Waals surface area contributed by atoms with Crippen LogP contribution in [0, 0.1) is 13.8 Å². The number of aryl methyl sites for hydroxylation is 2. The van der Waals surface area contributed by atoms with E-state index in [9.17, 15) is 0 Å². The summed E-state index contributed by atoms with van der Waals surface area (Å²) in [6.07, 6.45) is 2.39. The maximum Gasteiger partial charge on any atom is 0.193 e. The molecule has 1 saturated carbocycles. The molecule has 1 fully saturated rings. The monoisotopic (exact) mass is 293 g/mol. The fourth-order valence-corrected chi connectivity index (χ4v) is 2.98. The van der Waals surface area contributed by atoms with Gasteiger partial charge in [-0.1, -0.05) is 36.4 Å². The molecule has 0 saturated heterocycles. The molecule has 0 aliphatic heterocycles. The summed E-state index contributed by atoms with van der Waals surface area (Å²) < 4.78 is 0. The van der Waals surface area contributed by atoms with Gasteiger partial charge in [0, 0.05) is 11.1 Å². The zero-order valence-corrected chi connectivity index (χ0v) is 13.3. The number of hydrogen-bond donors (Lipinski definition) is 2. The average molecular weight is 293 g/mol. The van der Waals surface area contributed by atoms with E-state index >= 15 is 0 Å². The van der Waals surface area contributed by atoms with Crippen LogP contribution in [0.5, 0.6) is 0 Å². The van der Waals surface area contributed by atoms with Gasteiger partial charge in [0.15, 0.2) is 5.96 Å². The predicted molar refractivity (Wildman–Crippen MR) is 93.4 cm³/mol. The van der Waals surface area contributed by atoms with Gasteiger partial charge >= 0.3 is 0 Å². The summed E-state index contributed by atoms with van der Waals surface area (Å²) in [7, 11) is 0. The van der Waals surface area contributed by atoms with Gasteiger partial charge in [-0.15, -0.1) is 0 Å². The molecule has 114 valence electrons. The Kier molecular flexibility index (Phi) is 3.88. The summed E-state index contributed by atoms with van der Waals surface area (Å²) in [4.78, 5) is 4.58. The van der Waals surface area contributed by atoms with E-state index in [2.05, 4.69) is 60.6 Å². The largest absolute Gasteiger partial charge is 0.370 e. The zero-order valence-electron chi connectivity index (χ0n) is 13.3. The van der Waals surface area contributed by atoms with E-state index in [1.54, 1.807) is 0 Å². The lowest BCUT2D eigenvalue weighted by molar-refractivity contribution is 0.700. The minimum atomic E-state index is 0.199. The number of nitrogens with zero attached hydrogens (tertiary/aromatic N) is 1. The summed E-state index contributed by atoms with van der Waals surface area (Å²) >= 11 is 0. The van der Waals surface area contributed by atoms with Gasteiger partial charge in [-0.3, -0.25) is 4.99 Å². The molecule has 0 bridgehead atoms. The Bertz CT molecular complexity index is 699. The molecule has 2 aromatic carbocycles. The number of benzene rings is 2. The molecule has 3 nitrogen and oxygen atoms in total. The molecule has 2 aromatic rings. The molecule has 0 unspecified atom stereocenters. The maximum absolute atomic E-state index is 6.05. The second kappa shape index (κ2) is 5.84. The quantitative estimate of drug-likeness (QED) is 0.666. The third-order valence-corrected chi connectivity index (χ3v) is 4.41. The van der Waals surface area contributed by atoms with Gasteiger partial charge in [0.1, 0.15) is 0 Å². The van der Waals surface area contributed by atoms with Crippen molar-refractivity contribution in [2.24, 2.45) is 10.7 Å². The molecule has 3 N–H and O–H groups in total. The summed E-state index contributed by atoms with van der Waals surface area (Å²) in [5.74, 6) is 0.491. The first-order valence-electron chi connectivity index (χ1n) is 7.79. The minimum absolute atomic E-state index is 0.199. The van der Waals surface area contributed by atoms with Crippen molar-refractivity contribution in [2.75, 3.05) is 11.9 Å². The van der Waals surface area contributed by atoms with Crippen molar-refractivity contribution in [3.8, 4) is 0 Å². The molecule has 1 aliphatic rings. The van der Waals surface area contributed by atoms with Gasteiger partial charge in [0.25, 0.3) is 0 Å². The maximum atomic E-state index is 6.05. The van der Waals surface area contributed by atoms with E-state index in [1.807, 2.05) is 12.1 Å². The molecule has 0 spiro atoms. The molecule has 0 heterocycles. The summed E-state index contributed by atoms with van der Waals surface area (Å²) in [5.41, 5.74) is 11.2. The first-order chi connectivity index (χ1) is 10.6. The Morgan fingerprint density at radius 1 is 1.14 bits per heavy atom. The van der Waals surface area contributed by atoms with Crippen molar-refractivity contribution in [1.82, 2.24) is 0 Å². The normalized spacial score (nSPS) is 16.4. The highest BCUT2D eigenvalue weighted by molar-refractivity contribution is 5.92. The van der Waals surface area contributed by atoms with Crippen LogP contribution in [0.25, 0.3) is 0 Å². The smallest absolute Gasteiger partial charge is 0.193 e. The highest BCUT2D eigenvalue weighted by Crippen LogP contribution is 2.49. The van der Waals surface area contributed by atoms with Crippen molar-refractivity contribution in [3.05, 3.63) is 65.2 Å². The van der Waals surface area contributed by atoms with Crippen LogP contribution in [0.4, 0.5) is 5.69 Å². The van der Waals surface area contributed by atoms with Crippen LogP contribution in [0.1, 0.15) is 29.5 Å². The Morgan fingerprint density at radius 3 is 2.59 bits per heavy atom. The van der Waals surface area contributed by atoms with Crippen molar-refractivity contribution < 1.29 is 0 Å². The van der Waals surface area contributed by atoms with Crippen molar-refractivity contribution in [3.63, 3.8) is 0 Å². The molecule has 22 heavy (non-hydrogen) atoms. The van der Waals surface area contributed by atoms with Gasteiger partial charge in [0.05, 0.1) is 6.54 Å². The predicted octanol–water partition coefficient (Wildman–Crippen LogP) is 3.76. The van der Waals surface area contributed by atoms with Crippen LogP contribution in [-0.4, -0.2) is 12.5 Å². The number of aliphatic imine (C=N–C) groups is 1. The Hall–Kier alpha value is -2.29. The van der Waals surface area contributed by atoms with Gasteiger partial charge in [0.2, 0.25) is 0 Å². The molecule has 3 heteroatoms. The minimum Gasteiger partial charge on any atom is -0.370 e. The van der Waals surface area contributed by atoms with Crippen LogP contribution < -0.4 is 11.1 Å². The third kappa shape index (κ3) is 3.14. The first-order valence-corrected chi connectivity index (χ1v) is 7.79. The van der Waals surface area contributed by atoms with E-state index in [1.165, 1.54) is 29.5 Å². The van der Waals surface area contributed by atoms with Gasteiger partial charge in [-0.2, -0.15) is 0 Å². The van der Waals surface area contributed by atoms with Crippen molar-refractivity contribution in [1.29, 1.82) is 0 Å². The van der Waals surface area contributed by atoms with Gasteiger partial charge in [-0.05, 0) is 55.5 Å². The number of nitrogens with one attached hydrogen (secondary N) is 1. The molecular formula is C19H23N3. The Labute approximate surface area is 132 Å². The number of rotatable bonds is 4. The second-order valence-corrected chi connectivity index (χ2v) is 6.29. The summed E-state index contributed by atoms with van der Waals surface area (Å²) in [6.45, 7) is 4.99. The fourth-order valence-electron chi connectivity index (χ4n) is 2.98. The highest BCUT2D eigenvalue weighted by Gasteiger charge is 2.44. The lowest BCUT2D eigenvalue weighted by Gasteiger charge is -2.16. The van der Waals surface area contributed by atoms with E-state index in [0.29, 0.717) is 5.96 Å². The van der Waals surface area contributed by atoms with Crippen molar-refractivity contribution >= 4 is 11.6 Å². The molecule has 0 radical (unpaired) electrons. The van der Waals surface area contributed by atoms with Crippen LogP contribution in [0.15, 0.2) is 53.5 Å². The Balaban J connectivity index is 1.70.